The van der Waals surface area contributed by atoms with E-state index in [2.05, 4.69) is 15.5 Å². The van der Waals surface area contributed by atoms with Crippen LogP contribution in [0.4, 0.5) is 10.1 Å². The van der Waals surface area contributed by atoms with Crippen LogP contribution in [0.25, 0.3) is 22.8 Å². The summed E-state index contributed by atoms with van der Waals surface area (Å²) < 4.78 is 30.5. The first-order valence-corrected chi connectivity index (χ1v) is 10.4. The van der Waals surface area contributed by atoms with E-state index >= 15 is 0 Å². The van der Waals surface area contributed by atoms with E-state index in [9.17, 15) is 14.0 Å². The van der Waals surface area contributed by atoms with Crippen LogP contribution in [0, 0.1) is 19.7 Å². The Morgan fingerprint density at radius 3 is 2.65 bits per heavy atom. The SMILES string of the molecule is Cc1cc(C)n(CC(=O)Nc2ccc3c(c2)OCO3)c(=O)c1-c1nc(-c2ccc(F)cc2)no1. The Morgan fingerprint density at radius 2 is 1.85 bits per heavy atom. The van der Waals surface area contributed by atoms with Crippen molar-refractivity contribution in [3.05, 3.63) is 76.0 Å². The summed E-state index contributed by atoms with van der Waals surface area (Å²) in [6.07, 6.45) is 0. The van der Waals surface area contributed by atoms with Crippen LogP contribution in [0.1, 0.15) is 11.3 Å². The van der Waals surface area contributed by atoms with E-state index in [-0.39, 0.29) is 36.4 Å². The van der Waals surface area contributed by atoms with Crippen molar-refractivity contribution in [2.75, 3.05) is 12.1 Å². The number of hydrogen-bond donors (Lipinski definition) is 1. The molecule has 0 bridgehead atoms. The monoisotopic (exact) mass is 462 g/mol. The molecule has 0 aliphatic carbocycles. The maximum absolute atomic E-state index is 13.3. The van der Waals surface area contributed by atoms with E-state index in [1.807, 2.05) is 0 Å². The molecule has 0 radical (unpaired) electrons. The lowest BCUT2D eigenvalue weighted by atomic mass is 10.1. The molecule has 0 unspecified atom stereocenters. The highest BCUT2D eigenvalue weighted by molar-refractivity contribution is 5.91. The van der Waals surface area contributed by atoms with Gasteiger partial charge in [-0.1, -0.05) is 5.16 Å². The molecule has 0 saturated heterocycles. The van der Waals surface area contributed by atoms with E-state index in [4.69, 9.17) is 14.0 Å². The Morgan fingerprint density at radius 1 is 1.09 bits per heavy atom. The number of carbonyl (C=O) groups excluding carboxylic acids is 1. The number of benzene rings is 2. The van der Waals surface area contributed by atoms with Gasteiger partial charge in [0.15, 0.2) is 11.5 Å². The highest BCUT2D eigenvalue weighted by atomic mass is 19.1. The predicted molar refractivity (Wildman–Crippen MR) is 120 cm³/mol. The van der Waals surface area contributed by atoms with E-state index in [0.29, 0.717) is 34.0 Å². The van der Waals surface area contributed by atoms with Crippen LogP contribution in [-0.2, 0) is 11.3 Å². The number of hydrogen-bond acceptors (Lipinski definition) is 7. The quantitative estimate of drug-likeness (QED) is 0.482. The van der Waals surface area contributed by atoms with Crippen molar-refractivity contribution in [1.29, 1.82) is 0 Å². The molecule has 1 amide bonds. The van der Waals surface area contributed by atoms with Gasteiger partial charge in [0.05, 0.1) is 0 Å². The minimum Gasteiger partial charge on any atom is -0.454 e. The van der Waals surface area contributed by atoms with Gasteiger partial charge in [0.25, 0.3) is 11.4 Å². The molecular formula is C24H19FN4O5. The summed E-state index contributed by atoms with van der Waals surface area (Å²) in [6, 6.07) is 12.4. The van der Waals surface area contributed by atoms with E-state index in [1.165, 1.54) is 28.8 Å². The maximum atomic E-state index is 13.3. The van der Waals surface area contributed by atoms with Crippen LogP contribution in [0.5, 0.6) is 11.5 Å². The van der Waals surface area contributed by atoms with Gasteiger partial charge < -0.3 is 23.9 Å². The molecular weight excluding hydrogens is 443 g/mol. The molecule has 10 heteroatoms. The average Bonchev–Trinajstić information content (AvgIpc) is 3.47. The Labute approximate surface area is 192 Å². The first-order valence-electron chi connectivity index (χ1n) is 10.4. The van der Waals surface area contributed by atoms with Gasteiger partial charge in [-0.2, -0.15) is 4.98 Å². The number of pyridine rings is 1. The van der Waals surface area contributed by atoms with Crippen molar-refractivity contribution in [2.24, 2.45) is 0 Å². The number of ether oxygens (including phenoxy) is 2. The molecule has 34 heavy (non-hydrogen) atoms. The Hall–Kier alpha value is -4.47. The fourth-order valence-corrected chi connectivity index (χ4v) is 3.74. The number of halogens is 1. The first-order chi connectivity index (χ1) is 16.4. The second-order valence-corrected chi connectivity index (χ2v) is 7.78. The van der Waals surface area contributed by atoms with Crippen LogP contribution in [0.15, 0.2) is 57.8 Å². The Bertz CT molecular complexity index is 1460. The Kier molecular flexibility index (Phi) is 5.33. The topological polar surface area (TPSA) is 108 Å². The number of anilines is 1. The van der Waals surface area contributed by atoms with Crippen LogP contribution in [0.2, 0.25) is 0 Å². The lowest BCUT2D eigenvalue weighted by molar-refractivity contribution is -0.116. The predicted octanol–water partition coefficient (Wildman–Crippen LogP) is 3.69. The van der Waals surface area contributed by atoms with E-state index in [0.717, 1.165) is 0 Å². The van der Waals surface area contributed by atoms with Gasteiger partial charge in [0.1, 0.15) is 17.9 Å². The molecule has 0 spiro atoms. The third kappa shape index (κ3) is 4.01. The van der Waals surface area contributed by atoms with Crippen molar-refractivity contribution >= 4 is 11.6 Å². The molecule has 3 heterocycles. The number of amides is 1. The van der Waals surface area contributed by atoms with E-state index < -0.39 is 11.5 Å². The average molecular weight is 462 g/mol. The zero-order chi connectivity index (χ0) is 23.8. The maximum Gasteiger partial charge on any atom is 0.264 e. The lowest BCUT2D eigenvalue weighted by Gasteiger charge is -2.13. The molecule has 9 nitrogen and oxygen atoms in total. The van der Waals surface area contributed by atoms with Crippen molar-refractivity contribution in [2.45, 2.75) is 20.4 Å². The first kappa shape index (κ1) is 21.4. The molecule has 172 valence electrons. The number of fused-ring (bicyclic) bond motifs is 1. The van der Waals surface area contributed by atoms with Crippen LogP contribution < -0.4 is 20.3 Å². The summed E-state index contributed by atoms with van der Waals surface area (Å²) in [7, 11) is 0. The number of nitrogens with zero attached hydrogens (tertiary/aromatic N) is 3. The van der Waals surface area contributed by atoms with Crippen LogP contribution in [-0.4, -0.2) is 27.4 Å². The van der Waals surface area contributed by atoms with Gasteiger partial charge in [-0.05, 0) is 61.9 Å². The highest BCUT2D eigenvalue weighted by Gasteiger charge is 2.21. The highest BCUT2D eigenvalue weighted by Crippen LogP contribution is 2.34. The number of rotatable bonds is 5. The van der Waals surface area contributed by atoms with Crippen molar-refractivity contribution < 1.29 is 23.2 Å². The number of carbonyl (C=O) groups is 1. The third-order valence-electron chi connectivity index (χ3n) is 5.40. The van der Waals surface area contributed by atoms with E-state index in [1.54, 1.807) is 38.1 Å². The lowest BCUT2D eigenvalue weighted by Crippen LogP contribution is -2.30. The molecule has 2 aromatic heterocycles. The molecule has 1 aliphatic rings. The summed E-state index contributed by atoms with van der Waals surface area (Å²) in [5.74, 6) is 0.610. The number of aromatic nitrogens is 3. The number of nitrogens with one attached hydrogen (secondary N) is 1. The minimum absolute atomic E-state index is 0.0201. The molecule has 2 aromatic carbocycles. The summed E-state index contributed by atoms with van der Waals surface area (Å²) in [6.45, 7) is 3.41. The second kappa shape index (κ2) is 8.47. The fourth-order valence-electron chi connectivity index (χ4n) is 3.74. The molecule has 0 saturated carbocycles. The Balaban J connectivity index is 1.42. The van der Waals surface area contributed by atoms with Gasteiger partial charge in [0.2, 0.25) is 18.5 Å². The fraction of sp³-hybridized carbons (Fsp3) is 0.167. The molecule has 1 N–H and O–H groups in total. The van der Waals surface area contributed by atoms with Crippen LogP contribution in [0.3, 0.4) is 0 Å². The standard InChI is InChI=1S/C24H19FN4O5/c1-13-9-14(2)29(11-20(30)26-17-7-8-18-19(10-17)33-12-32-18)24(31)21(13)23-27-22(28-34-23)15-3-5-16(25)6-4-15/h3-10H,11-12H2,1-2H3,(H,26,30). The zero-order valence-corrected chi connectivity index (χ0v) is 18.3. The normalized spacial score (nSPS) is 12.1. The van der Waals surface area contributed by atoms with Gasteiger partial charge in [-0.15, -0.1) is 0 Å². The van der Waals surface area contributed by atoms with Gasteiger partial charge >= 0.3 is 0 Å². The zero-order valence-electron chi connectivity index (χ0n) is 18.3. The molecule has 4 aromatic rings. The molecule has 0 atom stereocenters. The van der Waals surface area contributed by atoms with Crippen LogP contribution >= 0.6 is 0 Å². The smallest absolute Gasteiger partial charge is 0.264 e. The molecule has 0 fully saturated rings. The minimum atomic E-state index is -0.437. The summed E-state index contributed by atoms with van der Waals surface area (Å²) in [5.41, 5.74) is 2.06. The number of aryl methyl sites for hydroxylation is 2. The van der Waals surface area contributed by atoms with Gasteiger partial charge in [-0.3, -0.25) is 9.59 Å². The molecule has 1 aliphatic heterocycles. The van der Waals surface area contributed by atoms with Crippen molar-refractivity contribution in [1.82, 2.24) is 14.7 Å². The van der Waals surface area contributed by atoms with Gasteiger partial charge in [0, 0.05) is 23.0 Å². The second-order valence-electron chi connectivity index (χ2n) is 7.78. The summed E-state index contributed by atoms with van der Waals surface area (Å²) in [5, 5.41) is 6.68. The third-order valence-corrected chi connectivity index (χ3v) is 5.40. The van der Waals surface area contributed by atoms with Crippen molar-refractivity contribution in [3.8, 4) is 34.3 Å². The summed E-state index contributed by atoms with van der Waals surface area (Å²) >= 11 is 0. The summed E-state index contributed by atoms with van der Waals surface area (Å²) in [4.78, 5) is 30.3. The van der Waals surface area contributed by atoms with Gasteiger partial charge in [-0.25, -0.2) is 4.39 Å². The largest absolute Gasteiger partial charge is 0.454 e. The molecule has 5 rings (SSSR count). The van der Waals surface area contributed by atoms with Crippen molar-refractivity contribution in [3.63, 3.8) is 0 Å².